The molecule has 0 bridgehead atoms. The summed E-state index contributed by atoms with van der Waals surface area (Å²) in [7, 11) is 0. The van der Waals surface area contributed by atoms with Gasteiger partial charge >= 0.3 is 11.9 Å². The van der Waals surface area contributed by atoms with Gasteiger partial charge in [-0.3, -0.25) is 9.59 Å². The molecule has 0 aromatic rings. The molecule has 4 aliphatic carbocycles. The van der Waals surface area contributed by atoms with Gasteiger partial charge in [0, 0.05) is 18.9 Å². The Kier molecular flexibility index (Phi) is 6.97. The molecule has 5 aliphatic rings. The largest absolute Gasteiger partial charge is 0.465 e. The van der Waals surface area contributed by atoms with Gasteiger partial charge in [-0.15, -0.1) is 0 Å². The number of rotatable bonds is 5. The Morgan fingerprint density at radius 1 is 1.15 bits per heavy atom. The Labute approximate surface area is 238 Å². The Morgan fingerprint density at radius 2 is 1.83 bits per heavy atom. The van der Waals surface area contributed by atoms with E-state index in [4.69, 9.17) is 9.47 Å². The number of ketones is 1. The van der Waals surface area contributed by atoms with Gasteiger partial charge in [-0.05, 0) is 82.8 Å². The van der Waals surface area contributed by atoms with E-state index in [-0.39, 0.29) is 56.3 Å². The minimum Gasteiger partial charge on any atom is -0.465 e. The molecule has 11 heteroatoms. The summed E-state index contributed by atoms with van der Waals surface area (Å²) in [5, 5.41) is 70.2. The van der Waals surface area contributed by atoms with Crippen molar-refractivity contribution in [2.45, 2.75) is 107 Å². The van der Waals surface area contributed by atoms with Crippen LogP contribution in [0.3, 0.4) is 0 Å². The van der Waals surface area contributed by atoms with E-state index in [1.165, 1.54) is 26.8 Å². The van der Waals surface area contributed by atoms with Crippen molar-refractivity contribution < 1.29 is 54.5 Å². The van der Waals surface area contributed by atoms with Crippen LogP contribution < -0.4 is 0 Å². The summed E-state index contributed by atoms with van der Waals surface area (Å²) in [5.74, 6) is -3.16. The highest BCUT2D eigenvalue weighted by Crippen LogP contribution is 2.71. The van der Waals surface area contributed by atoms with Gasteiger partial charge in [0.2, 0.25) is 0 Å². The van der Waals surface area contributed by atoms with Gasteiger partial charge in [0.1, 0.15) is 29.5 Å². The molecule has 11 nitrogen and oxygen atoms in total. The number of hydrogen-bond acceptors (Lipinski definition) is 11. The van der Waals surface area contributed by atoms with Gasteiger partial charge < -0.3 is 40.1 Å². The first kappa shape index (κ1) is 30.3. The number of carbonyl (C=O) groups is 3. The highest BCUT2D eigenvalue weighted by Gasteiger charge is 2.80. The molecule has 0 saturated heterocycles. The summed E-state index contributed by atoms with van der Waals surface area (Å²) in [5.41, 5.74) is -10.5. The zero-order chi connectivity index (χ0) is 30.4. The molecule has 1 heterocycles. The summed E-state index contributed by atoms with van der Waals surface area (Å²) < 4.78 is 11.0. The first-order valence-electron chi connectivity index (χ1n) is 14.4. The second-order valence-electron chi connectivity index (χ2n) is 13.4. The van der Waals surface area contributed by atoms with Crippen molar-refractivity contribution in [3.63, 3.8) is 0 Å². The van der Waals surface area contributed by atoms with Gasteiger partial charge in [0.05, 0.1) is 29.1 Å². The lowest BCUT2D eigenvalue weighted by molar-refractivity contribution is -0.312. The lowest BCUT2D eigenvalue weighted by Gasteiger charge is -2.67. The molecule has 0 aromatic heterocycles. The molecule has 0 amide bonds. The quantitative estimate of drug-likeness (QED) is 0.245. The van der Waals surface area contributed by atoms with Crippen LogP contribution in [0.15, 0.2) is 23.3 Å². The first-order valence-corrected chi connectivity index (χ1v) is 14.4. The van der Waals surface area contributed by atoms with Crippen molar-refractivity contribution in [3.05, 3.63) is 23.3 Å². The number of cyclic esters (lactones) is 1. The summed E-state index contributed by atoms with van der Waals surface area (Å²) in [6, 6.07) is 0. The third-order valence-corrected chi connectivity index (χ3v) is 12.0. The number of fused-ring (bicyclic) bond motifs is 5. The minimum absolute atomic E-state index is 0.00570. The standard InChI is InChI=1S/C30H42O11/c1-16-18(14-31)12-23(41-24(16)35)26(4,36)30(39)11-10-28(37)20-13-22(34)29(38)8-5-6-21(33)25(29,3)19(20)7-9-27(28,30)15-40-17(2)32/h5-6,19-20,22-23,31,34,36-39H,7-15H2,1-4H3. The average molecular weight is 579 g/mol. The first-order chi connectivity index (χ1) is 19.0. The number of carbonyl (C=O) groups excluding carboxylic acids is 3. The fraction of sp³-hybridized carbons (Fsp3) is 0.767. The average Bonchev–Trinajstić information content (AvgIpc) is 3.16. The molecule has 10 atom stereocenters. The second kappa shape index (κ2) is 9.42. The minimum atomic E-state index is -2.18. The monoisotopic (exact) mass is 578 g/mol. The SMILES string of the molecule is CC(=O)OCC12CCC3C(CC(O)C4(O)CC=CC(=O)C34C)C1(O)CCC2(O)C(C)(O)C1CC(CO)=C(C)C(=O)O1. The van der Waals surface area contributed by atoms with Crippen LogP contribution in [0.5, 0.6) is 0 Å². The second-order valence-corrected chi connectivity index (χ2v) is 13.4. The van der Waals surface area contributed by atoms with E-state index >= 15 is 0 Å². The van der Waals surface area contributed by atoms with Gasteiger partial charge in [0.15, 0.2) is 5.78 Å². The number of hydrogen-bond donors (Lipinski definition) is 6. The fourth-order valence-electron chi connectivity index (χ4n) is 9.35. The smallest absolute Gasteiger partial charge is 0.334 e. The van der Waals surface area contributed by atoms with E-state index in [1.54, 1.807) is 13.0 Å². The summed E-state index contributed by atoms with van der Waals surface area (Å²) in [6.45, 7) is 4.71. The van der Waals surface area contributed by atoms with E-state index in [9.17, 15) is 45.0 Å². The van der Waals surface area contributed by atoms with Crippen LogP contribution in [0.2, 0.25) is 0 Å². The van der Waals surface area contributed by atoms with E-state index in [0.717, 1.165) is 0 Å². The third-order valence-electron chi connectivity index (χ3n) is 12.0. The van der Waals surface area contributed by atoms with Gasteiger partial charge in [-0.2, -0.15) is 0 Å². The summed E-state index contributed by atoms with van der Waals surface area (Å²) in [6.07, 6.45) is 0.199. The topological polar surface area (TPSA) is 191 Å². The normalized spacial score (nSPS) is 47.2. The van der Waals surface area contributed by atoms with Crippen LogP contribution in [-0.4, -0.2) is 96.2 Å². The van der Waals surface area contributed by atoms with Crippen LogP contribution in [-0.2, 0) is 23.9 Å². The summed E-state index contributed by atoms with van der Waals surface area (Å²) in [4.78, 5) is 38.1. The number of ether oxygens (including phenoxy) is 2. The Bertz CT molecular complexity index is 1220. The number of esters is 2. The Balaban J connectivity index is 1.62. The lowest BCUT2D eigenvalue weighted by atomic mass is 9.40. The molecule has 6 N–H and O–H groups in total. The van der Waals surface area contributed by atoms with Gasteiger partial charge in [-0.1, -0.05) is 6.08 Å². The molecule has 10 unspecified atom stereocenters. The maximum atomic E-state index is 13.4. The van der Waals surface area contributed by atoms with E-state index < -0.39 is 82.4 Å². The van der Waals surface area contributed by atoms with Crippen molar-refractivity contribution in [3.8, 4) is 0 Å². The van der Waals surface area contributed by atoms with Crippen LogP contribution >= 0.6 is 0 Å². The van der Waals surface area contributed by atoms with Crippen molar-refractivity contribution in [2.24, 2.45) is 22.7 Å². The Morgan fingerprint density at radius 3 is 2.46 bits per heavy atom. The van der Waals surface area contributed by atoms with E-state index in [0.29, 0.717) is 5.57 Å². The molecule has 3 fully saturated rings. The zero-order valence-corrected chi connectivity index (χ0v) is 24.1. The molecule has 0 spiro atoms. The predicted molar refractivity (Wildman–Crippen MR) is 142 cm³/mol. The molecule has 0 radical (unpaired) electrons. The van der Waals surface area contributed by atoms with Crippen LogP contribution in [0.4, 0.5) is 0 Å². The molecular weight excluding hydrogens is 536 g/mol. The third kappa shape index (κ3) is 3.62. The lowest BCUT2D eigenvalue weighted by Crippen LogP contribution is -2.77. The van der Waals surface area contributed by atoms with E-state index in [2.05, 4.69) is 0 Å². The van der Waals surface area contributed by atoms with Crippen LogP contribution in [0.25, 0.3) is 0 Å². The molecule has 41 heavy (non-hydrogen) atoms. The molecule has 228 valence electrons. The number of aliphatic hydroxyl groups is 6. The molecule has 3 saturated carbocycles. The van der Waals surface area contributed by atoms with Gasteiger partial charge in [0.25, 0.3) is 0 Å². The molecule has 5 rings (SSSR count). The molecule has 0 aromatic carbocycles. The predicted octanol–water partition coefficient (Wildman–Crippen LogP) is 0.224. The van der Waals surface area contributed by atoms with E-state index in [1.807, 2.05) is 0 Å². The van der Waals surface area contributed by atoms with Crippen LogP contribution in [0, 0.1) is 22.7 Å². The van der Waals surface area contributed by atoms with Crippen molar-refractivity contribution in [1.29, 1.82) is 0 Å². The highest BCUT2D eigenvalue weighted by atomic mass is 16.6. The van der Waals surface area contributed by atoms with Crippen molar-refractivity contribution >= 4 is 17.7 Å². The summed E-state index contributed by atoms with van der Waals surface area (Å²) >= 11 is 0. The number of aliphatic hydroxyl groups excluding tert-OH is 2. The van der Waals surface area contributed by atoms with Crippen molar-refractivity contribution in [1.82, 2.24) is 0 Å². The number of allylic oxidation sites excluding steroid dienone is 1. The highest BCUT2D eigenvalue weighted by molar-refractivity contribution is 5.97. The van der Waals surface area contributed by atoms with Crippen LogP contribution in [0.1, 0.15) is 72.6 Å². The maximum Gasteiger partial charge on any atom is 0.334 e. The molecule has 1 aliphatic heterocycles. The van der Waals surface area contributed by atoms with Crippen molar-refractivity contribution in [2.75, 3.05) is 13.2 Å². The maximum absolute atomic E-state index is 13.4. The van der Waals surface area contributed by atoms with Gasteiger partial charge in [-0.25, -0.2) is 4.79 Å². The molecular formula is C30H42O11. The Hall–Kier alpha value is -2.15. The fourth-order valence-corrected chi connectivity index (χ4v) is 9.35. The zero-order valence-electron chi connectivity index (χ0n) is 24.1.